The maximum atomic E-state index is 11.1. The molecule has 0 heterocycles. The highest BCUT2D eigenvalue weighted by Gasteiger charge is 2.23. The van der Waals surface area contributed by atoms with Crippen molar-refractivity contribution in [2.24, 2.45) is 0 Å². The van der Waals surface area contributed by atoms with Crippen molar-refractivity contribution in [3.8, 4) is 11.5 Å². The molecule has 0 saturated heterocycles. The van der Waals surface area contributed by atoms with Crippen LogP contribution in [0.25, 0.3) is 0 Å². The van der Waals surface area contributed by atoms with E-state index in [-0.39, 0.29) is 5.41 Å². The van der Waals surface area contributed by atoms with E-state index in [1.54, 1.807) is 19.2 Å². The third kappa shape index (κ3) is 6.43. The first-order valence-corrected chi connectivity index (χ1v) is 8.98. The van der Waals surface area contributed by atoms with Crippen molar-refractivity contribution in [3.63, 3.8) is 0 Å². The topological polar surface area (TPSA) is 44.8 Å². The molecule has 2 aromatic rings. The number of benzene rings is 2. The van der Waals surface area contributed by atoms with E-state index in [4.69, 9.17) is 9.47 Å². The summed E-state index contributed by atoms with van der Waals surface area (Å²) in [5, 5.41) is 0. The molecule has 26 heavy (non-hydrogen) atoms. The first-order valence-electron chi connectivity index (χ1n) is 8.98. The van der Waals surface area contributed by atoms with Crippen molar-refractivity contribution in [1.82, 2.24) is 0 Å². The van der Waals surface area contributed by atoms with Gasteiger partial charge in [-0.05, 0) is 35.4 Å². The first kappa shape index (κ1) is 23.5. The predicted octanol–water partition coefficient (Wildman–Crippen LogP) is 6.22. The van der Waals surface area contributed by atoms with Crippen molar-refractivity contribution in [3.05, 3.63) is 59.7 Å². The molecule has 144 valence electrons. The molecule has 0 amide bonds. The average Bonchev–Trinajstić information content (AvgIpc) is 2.71. The second-order valence-corrected chi connectivity index (χ2v) is 5.43. The number of methoxy groups -OCH3 is 2. The quantitative estimate of drug-likeness (QED) is 0.480. The van der Waals surface area contributed by atoms with Gasteiger partial charge < -0.3 is 14.2 Å². The van der Waals surface area contributed by atoms with Crippen molar-refractivity contribution in [2.75, 3.05) is 14.2 Å². The van der Waals surface area contributed by atoms with Gasteiger partial charge in [0.2, 0.25) is 0 Å². The van der Waals surface area contributed by atoms with Gasteiger partial charge in [-0.1, -0.05) is 65.8 Å². The summed E-state index contributed by atoms with van der Waals surface area (Å²) in [7, 11) is 2.93. The zero-order chi connectivity index (χ0) is 20.2. The number of carbonyl (C=O) groups is 1. The van der Waals surface area contributed by atoms with E-state index >= 15 is 0 Å². The van der Waals surface area contributed by atoms with Gasteiger partial charge in [-0.2, -0.15) is 0 Å². The van der Waals surface area contributed by atoms with Crippen LogP contribution in [-0.2, 0) is 10.2 Å². The molecule has 0 bridgehead atoms. The molecule has 0 spiro atoms. The number of ether oxygens (including phenoxy) is 3. The molecule has 2 rings (SSSR count). The number of hydrogen-bond acceptors (Lipinski definition) is 4. The summed E-state index contributed by atoms with van der Waals surface area (Å²) in [5.41, 5.74) is 2.13. The largest absolute Gasteiger partial charge is 0.513 e. The molecular formula is C22H32O4. The van der Waals surface area contributed by atoms with Crippen LogP contribution < -0.4 is 9.47 Å². The highest BCUT2D eigenvalue weighted by molar-refractivity contribution is 5.63. The summed E-state index contributed by atoms with van der Waals surface area (Å²) in [6, 6.07) is 15.4. The fourth-order valence-electron chi connectivity index (χ4n) is 2.25. The van der Waals surface area contributed by atoms with Crippen LogP contribution in [0.1, 0.15) is 52.7 Å². The first-order chi connectivity index (χ1) is 12.5. The predicted molar refractivity (Wildman–Crippen MR) is 107 cm³/mol. The Morgan fingerprint density at radius 1 is 0.731 bits per heavy atom. The Bertz CT molecular complexity index is 628. The van der Waals surface area contributed by atoms with Gasteiger partial charge in [-0.3, -0.25) is 0 Å². The minimum Gasteiger partial charge on any atom is -0.497 e. The standard InChI is InChI=1S/C18H20O4.2C2H6/c1-18(2,13-5-9-15(20-3)10-6-13)14-7-11-16(12-8-14)22-17(19)21-4;2*1-2/h5-12H,1-4H3;2*1-2H3. The van der Waals surface area contributed by atoms with E-state index in [2.05, 4.69) is 30.7 Å². The highest BCUT2D eigenvalue weighted by atomic mass is 16.7. The molecule has 4 heteroatoms. The van der Waals surface area contributed by atoms with Crippen LogP contribution in [0.4, 0.5) is 4.79 Å². The zero-order valence-corrected chi connectivity index (χ0v) is 17.3. The van der Waals surface area contributed by atoms with Crippen molar-refractivity contribution in [1.29, 1.82) is 0 Å². The molecule has 0 radical (unpaired) electrons. The lowest BCUT2D eigenvalue weighted by Crippen LogP contribution is -2.18. The molecule has 4 nitrogen and oxygen atoms in total. The second kappa shape index (κ2) is 12.0. The molecule has 0 atom stereocenters. The summed E-state index contributed by atoms with van der Waals surface area (Å²) in [6.07, 6.45) is -0.720. The van der Waals surface area contributed by atoms with Crippen LogP contribution in [0.5, 0.6) is 11.5 Å². The van der Waals surface area contributed by atoms with E-state index in [9.17, 15) is 4.79 Å². The van der Waals surface area contributed by atoms with Gasteiger partial charge in [0.05, 0.1) is 14.2 Å². The fraction of sp³-hybridized carbons (Fsp3) is 0.409. The lowest BCUT2D eigenvalue weighted by molar-refractivity contribution is 0.121. The maximum Gasteiger partial charge on any atom is 0.513 e. The van der Waals surface area contributed by atoms with E-state index in [1.165, 1.54) is 12.7 Å². The summed E-state index contributed by atoms with van der Waals surface area (Å²) in [4.78, 5) is 11.1. The third-order valence-corrected chi connectivity index (χ3v) is 3.76. The maximum absolute atomic E-state index is 11.1. The Hall–Kier alpha value is -2.49. The van der Waals surface area contributed by atoms with E-state index in [0.717, 1.165) is 11.3 Å². The van der Waals surface area contributed by atoms with Crippen LogP contribution in [0.3, 0.4) is 0 Å². The molecule has 0 aliphatic rings. The summed E-state index contributed by atoms with van der Waals surface area (Å²) < 4.78 is 14.6. The molecule has 0 saturated carbocycles. The Balaban J connectivity index is 0.00000146. The monoisotopic (exact) mass is 360 g/mol. The molecule has 0 aliphatic carbocycles. The Morgan fingerprint density at radius 2 is 1.12 bits per heavy atom. The van der Waals surface area contributed by atoms with Gasteiger partial charge in [0.15, 0.2) is 0 Å². The molecular weight excluding hydrogens is 328 g/mol. The minimum absolute atomic E-state index is 0.171. The summed E-state index contributed by atoms with van der Waals surface area (Å²) in [5.74, 6) is 1.29. The third-order valence-electron chi connectivity index (χ3n) is 3.76. The van der Waals surface area contributed by atoms with E-state index in [0.29, 0.717) is 5.75 Å². The SMILES string of the molecule is CC.CC.COC(=O)Oc1ccc(C(C)(C)c2ccc(OC)cc2)cc1. The zero-order valence-electron chi connectivity index (χ0n) is 17.3. The fourth-order valence-corrected chi connectivity index (χ4v) is 2.25. The minimum atomic E-state index is -0.720. The second-order valence-electron chi connectivity index (χ2n) is 5.43. The van der Waals surface area contributed by atoms with Gasteiger partial charge in [-0.25, -0.2) is 4.79 Å². The Morgan fingerprint density at radius 3 is 1.46 bits per heavy atom. The van der Waals surface area contributed by atoms with Gasteiger partial charge in [-0.15, -0.1) is 0 Å². The lowest BCUT2D eigenvalue weighted by Gasteiger charge is -2.26. The van der Waals surface area contributed by atoms with Crippen molar-refractivity contribution in [2.45, 2.75) is 47.0 Å². The van der Waals surface area contributed by atoms with E-state index in [1.807, 2.05) is 52.0 Å². The van der Waals surface area contributed by atoms with Crippen molar-refractivity contribution < 1.29 is 19.0 Å². The average molecular weight is 360 g/mol. The van der Waals surface area contributed by atoms with Crippen LogP contribution >= 0.6 is 0 Å². The molecule has 2 aromatic carbocycles. The molecule has 0 fully saturated rings. The van der Waals surface area contributed by atoms with Crippen LogP contribution in [0.15, 0.2) is 48.5 Å². The summed E-state index contributed by atoms with van der Waals surface area (Å²) in [6.45, 7) is 12.3. The lowest BCUT2D eigenvalue weighted by atomic mass is 9.78. The molecule has 0 aromatic heterocycles. The molecule has 0 aliphatic heterocycles. The van der Waals surface area contributed by atoms with E-state index < -0.39 is 6.16 Å². The number of rotatable bonds is 4. The molecule has 0 N–H and O–H groups in total. The summed E-state index contributed by atoms with van der Waals surface area (Å²) >= 11 is 0. The Kier molecular flexibility index (Phi) is 10.8. The smallest absolute Gasteiger partial charge is 0.497 e. The number of hydrogen-bond donors (Lipinski definition) is 0. The highest BCUT2D eigenvalue weighted by Crippen LogP contribution is 2.33. The van der Waals surface area contributed by atoms with Crippen LogP contribution in [0.2, 0.25) is 0 Å². The number of carbonyl (C=O) groups excluding carboxylic acids is 1. The molecule has 0 unspecified atom stereocenters. The Labute approximate surface area is 158 Å². The van der Waals surface area contributed by atoms with Gasteiger partial charge in [0.25, 0.3) is 0 Å². The van der Waals surface area contributed by atoms with Crippen molar-refractivity contribution >= 4 is 6.16 Å². The van der Waals surface area contributed by atoms with Crippen LogP contribution in [-0.4, -0.2) is 20.4 Å². The van der Waals surface area contributed by atoms with Gasteiger partial charge >= 0.3 is 6.16 Å². The van der Waals surface area contributed by atoms with Crippen LogP contribution in [0, 0.1) is 0 Å². The van der Waals surface area contributed by atoms with Gasteiger partial charge in [0.1, 0.15) is 11.5 Å². The van der Waals surface area contributed by atoms with Gasteiger partial charge in [0, 0.05) is 5.41 Å². The normalized spacial score (nSPS) is 9.69.